The van der Waals surface area contributed by atoms with Gasteiger partial charge in [-0.05, 0) is 84.5 Å². The number of fused-ring (bicyclic) bond motifs is 3. The number of allylic oxidation sites excluding steroid dienone is 2. The van der Waals surface area contributed by atoms with Gasteiger partial charge in [0, 0.05) is 28.1 Å². The third-order valence-electron chi connectivity index (χ3n) is 7.23. The van der Waals surface area contributed by atoms with Gasteiger partial charge >= 0.3 is 0 Å². The fraction of sp³-hybridized carbons (Fsp3) is 0.286. The lowest BCUT2D eigenvalue weighted by Gasteiger charge is -2.38. The van der Waals surface area contributed by atoms with E-state index >= 15 is 0 Å². The third-order valence-corrected chi connectivity index (χ3v) is 10.0. The van der Waals surface area contributed by atoms with Gasteiger partial charge in [-0.3, -0.25) is 4.72 Å². The molecule has 0 spiro atoms. The quantitative estimate of drug-likeness (QED) is 0.339. The summed E-state index contributed by atoms with van der Waals surface area (Å²) in [5.41, 5.74) is 4.50. The molecule has 36 heavy (non-hydrogen) atoms. The predicted octanol–water partition coefficient (Wildman–Crippen LogP) is 6.77. The van der Waals surface area contributed by atoms with Crippen molar-refractivity contribution in [1.82, 2.24) is 0 Å². The fourth-order valence-corrected chi connectivity index (χ4v) is 7.20. The van der Waals surface area contributed by atoms with Crippen LogP contribution in [0.2, 0.25) is 5.02 Å². The summed E-state index contributed by atoms with van der Waals surface area (Å²) >= 11 is 7.94. The number of benzene rings is 3. The number of aryl methyl sites for hydroxylation is 1. The van der Waals surface area contributed by atoms with E-state index in [9.17, 15) is 8.42 Å². The standard InChI is InChI=1S/C28H27ClN2O3S2/c1-17-13-19(29)7-11-26(17)31-36(32,33)22-10-12-27-25(14-22)23-3-2-4-24(23)28(30-27)18-5-8-20(9-6-18)34-21-15-35-16-21/h2-3,5-14,21,23-24,28,30-31H,4,15-16H2,1H3/t23-,24+,28+/m0/s1. The number of ether oxygens (including phenoxy) is 1. The normalized spacial score (nSPS) is 22.8. The Morgan fingerprint density at radius 2 is 1.86 bits per heavy atom. The number of thioether (sulfide) groups is 1. The molecule has 2 aliphatic heterocycles. The number of halogens is 1. The van der Waals surface area contributed by atoms with Crippen molar-refractivity contribution in [2.45, 2.75) is 36.3 Å². The van der Waals surface area contributed by atoms with Crippen molar-refractivity contribution < 1.29 is 13.2 Å². The molecule has 1 aliphatic carbocycles. The largest absolute Gasteiger partial charge is 0.489 e. The van der Waals surface area contributed by atoms with Crippen LogP contribution in [0.15, 0.2) is 77.7 Å². The number of hydrogen-bond donors (Lipinski definition) is 2. The molecule has 0 radical (unpaired) electrons. The van der Waals surface area contributed by atoms with Crippen molar-refractivity contribution in [2.75, 3.05) is 21.5 Å². The average Bonchev–Trinajstić information content (AvgIpc) is 3.33. The molecule has 5 nitrogen and oxygen atoms in total. The molecule has 0 amide bonds. The Morgan fingerprint density at radius 3 is 2.58 bits per heavy atom. The van der Waals surface area contributed by atoms with E-state index in [1.807, 2.05) is 30.8 Å². The number of hydrogen-bond acceptors (Lipinski definition) is 5. The highest BCUT2D eigenvalue weighted by atomic mass is 35.5. The van der Waals surface area contributed by atoms with E-state index in [0.717, 1.165) is 40.5 Å². The van der Waals surface area contributed by atoms with E-state index in [0.29, 0.717) is 22.7 Å². The van der Waals surface area contributed by atoms with Crippen LogP contribution in [0.4, 0.5) is 11.4 Å². The summed E-state index contributed by atoms with van der Waals surface area (Å²) in [6, 6.07) is 19.1. The highest BCUT2D eigenvalue weighted by molar-refractivity contribution is 8.00. The van der Waals surface area contributed by atoms with Crippen molar-refractivity contribution >= 4 is 44.8 Å². The van der Waals surface area contributed by atoms with Crippen LogP contribution in [0.5, 0.6) is 5.75 Å². The van der Waals surface area contributed by atoms with Gasteiger partial charge in [0.1, 0.15) is 11.9 Å². The lowest BCUT2D eigenvalue weighted by atomic mass is 9.77. The molecule has 3 atom stereocenters. The molecule has 2 N–H and O–H groups in total. The zero-order chi connectivity index (χ0) is 24.9. The van der Waals surface area contributed by atoms with E-state index in [-0.39, 0.29) is 16.9 Å². The molecule has 0 bridgehead atoms. The van der Waals surface area contributed by atoms with Crippen LogP contribution in [-0.4, -0.2) is 26.0 Å². The van der Waals surface area contributed by atoms with Gasteiger partial charge in [0.2, 0.25) is 0 Å². The number of sulfonamides is 1. The summed E-state index contributed by atoms with van der Waals surface area (Å²) in [5.74, 6) is 3.51. The van der Waals surface area contributed by atoms with Gasteiger partial charge in [0.15, 0.2) is 0 Å². The van der Waals surface area contributed by atoms with Crippen LogP contribution in [-0.2, 0) is 10.0 Å². The molecule has 8 heteroatoms. The molecule has 0 saturated carbocycles. The summed E-state index contributed by atoms with van der Waals surface area (Å²) in [7, 11) is -3.75. The smallest absolute Gasteiger partial charge is 0.261 e. The van der Waals surface area contributed by atoms with Crippen LogP contribution < -0.4 is 14.8 Å². The maximum atomic E-state index is 13.2. The summed E-state index contributed by atoms with van der Waals surface area (Å²) < 4.78 is 35.2. The number of rotatable bonds is 6. The maximum Gasteiger partial charge on any atom is 0.261 e. The molecule has 3 aromatic rings. The van der Waals surface area contributed by atoms with Crippen molar-refractivity contribution in [2.24, 2.45) is 5.92 Å². The Hall–Kier alpha value is -2.61. The van der Waals surface area contributed by atoms with Gasteiger partial charge in [-0.2, -0.15) is 11.8 Å². The average molecular weight is 539 g/mol. The van der Waals surface area contributed by atoms with Crippen LogP contribution in [0.3, 0.4) is 0 Å². The molecule has 1 saturated heterocycles. The van der Waals surface area contributed by atoms with E-state index in [4.69, 9.17) is 16.3 Å². The Labute approximate surface area is 221 Å². The second-order valence-electron chi connectivity index (χ2n) is 9.64. The van der Waals surface area contributed by atoms with Crippen molar-refractivity contribution in [1.29, 1.82) is 0 Å². The monoisotopic (exact) mass is 538 g/mol. The predicted molar refractivity (Wildman–Crippen MR) is 148 cm³/mol. The number of anilines is 2. The van der Waals surface area contributed by atoms with Gasteiger partial charge in [0.05, 0.1) is 16.6 Å². The van der Waals surface area contributed by atoms with Gasteiger partial charge in [-0.1, -0.05) is 35.9 Å². The van der Waals surface area contributed by atoms with E-state index in [1.165, 1.54) is 5.56 Å². The van der Waals surface area contributed by atoms with E-state index in [2.05, 4.69) is 46.5 Å². The van der Waals surface area contributed by atoms with Gasteiger partial charge < -0.3 is 10.1 Å². The number of nitrogens with one attached hydrogen (secondary N) is 2. The minimum absolute atomic E-state index is 0.142. The fourth-order valence-electron chi connectivity index (χ4n) is 5.24. The van der Waals surface area contributed by atoms with E-state index < -0.39 is 10.0 Å². The Kier molecular flexibility index (Phi) is 6.18. The lowest BCUT2D eigenvalue weighted by Crippen LogP contribution is -2.31. The van der Waals surface area contributed by atoms with Crippen molar-refractivity contribution in [3.63, 3.8) is 0 Å². The summed E-state index contributed by atoms with van der Waals surface area (Å²) in [6.45, 7) is 1.83. The molecular formula is C28H27ClN2O3S2. The molecule has 0 unspecified atom stereocenters. The Balaban J connectivity index is 1.26. The summed E-state index contributed by atoms with van der Waals surface area (Å²) in [6.07, 6.45) is 5.70. The first-order chi connectivity index (χ1) is 17.4. The van der Waals surface area contributed by atoms with Crippen LogP contribution in [0.1, 0.15) is 35.1 Å². The second kappa shape index (κ2) is 9.36. The first-order valence-corrected chi connectivity index (χ1v) is 15.1. The first kappa shape index (κ1) is 23.8. The molecular weight excluding hydrogens is 512 g/mol. The molecule has 3 aliphatic rings. The Morgan fingerprint density at radius 1 is 1.06 bits per heavy atom. The molecule has 3 aromatic carbocycles. The summed E-state index contributed by atoms with van der Waals surface area (Å²) in [4.78, 5) is 0.255. The SMILES string of the molecule is Cc1cc(Cl)ccc1NS(=O)(=O)c1ccc2c(c1)[C@H]1C=CC[C@H]1[C@@H](c1ccc(OC3CSC3)cc1)N2. The van der Waals surface area contributed by atoms with Gasteiger partial charge in [0.25, 0.3) is 10.0 Å². The van der Waals surface area contributed by atoms with Crippen molar-refractivity contribution in [3.8, 4) is 5.75 Å². The summed E-state index contributed by atoms with van der Waals surface area (Å²) in [5, 5.41) is 4.27. The van der Waals surface area contributed by atoms with Gasteiger partial charge in [-0.25, -0.2) is 8.42 Å². The van der Waals surface area contributed by atoms with Crippen molar-refractivity contribution in [3.05, 3.63) is 94.5 Å². The first-order valence-electron chi connectivity index (χ1n) is 12.1. The zero-order valence-corrected chi connectivity index (χ0v) is 22.2. The van der Waals surface area contributed by atoms with Crippen LogP contribution in [0, 0.1) is 12.8 Å². The third kappa shape index (κ3) is 4.49. The molecule has 0 aromatic heterocycles. The van der Waals surface area contributed by atoms with Crippen LogP contribution >= 0.6 is 23.4 Å². The second-order valence-corrected chi connectivity index (χ2v) is 12.8. The molecule has 2 heterocycles. The van der Waals surface area contributed by atoms with Gasteiger partial charge in [-0.15, -0.1) is 0 Å². The molecule has 1 fully saturated rings. The zero-order valence-electron chi connectivity index (χ0n) is 19.8. The molecule has 186 valence electrons. The lowest BCUT2D eigenvalue weighted by molar-refractivity contribution is 0.240. The Bertz CT molecular complexity index is 1440. The molecule has 6 rings (SSSR count). The highest BCUT2D eigenvalue weighted by Gasteiger charge is 2.38. The minimum atomic E-state index is -3.75. The highest BCUT2D eigenvalue weighted by Crippen LogP contribution is 2.50. The maximum absolute atomic E-state index is 13.2. The van der Waals surface area contributed by atoms with E-state index in [1.54, 1.807) is 24.3 Å². The minimum Gasteiger partial charge on any atom is -0.489 e. The van der Waals surface area contributed by atoms with Crippen LogP contribution in [0.25, 0.3) is 0 Å². The topological polar surface area (TPSA) is 67.4 Å².